The molecule has 0 saturated carbocycles. The fourth-order valence-electron chi connectivity index (χ4n) is 1.22. The zero-order valence-electron chi connectivity index (χ0n) is 9.96. The van der Waals surface area contributed by atoms with Gasteiger partial charge in [-0.15, -0.1) is 0 Å². The van der Waals surface area contributed by atoms with Gasteiger partial charge in [-0.1, -0.05) is 34.6 Å². The van der Waals surface area contributed by atoms with E-state index in [2.05, 4.69) is 0 Å². The zero-order valence-corrected chi connectivity index (χ0v) is 9.96. The van der Waals surface area contributed by atoms with Crippen molar-refractivity contribution in [3.63, 3.8) is 0 Å². The normalized spacial score (nSPS) is 12.4. The van der Waals surface area contributed by atoms with E-state index in [0.717, 1.165) is 6.29 Å². The van der Waals surface area contributed by atoms with Crippen LogP contribution in [-0.4, -0.2) is 12.2 Å². The molecule has 0 radical (unpaired) electrons. The van der Waals surface area contributed by atoms with E-state index in [1.807, 2.05) is 20.8 Å². The lowest BCUT2D eigenvalue weighted by atomic mass is 9.82. The van der Waals surface area contributed by atoms with E-state index in [-0.39, 0.29) is 11.8 Å². The summed E-state index contributed by atoms with van der Waals surface area (Å²) in [5.74, 6) is -0.0785. The molecular formula is C11H23NO2. The molecule has 0 aliphatic rings. The summed E-state index contributed by atoms with van der Waals surface area (Å²) < 4.78 is 0. The number of aldehydes is 1. The van der Waals surface area contributed by atoms with E-state index in [0.29, 0.717) is 12.8 Å². The van der Waals surface area contributed by atoms with Crippen LogP contribution in [0.25, 0.3) is 0 Å². The van der Waals surface area contributed by atoms with Gasteiger partial charge < -0.3 is 10.5 Å². The number of nitrogens with two attached hydrogens (primary N) is 1. The van der Waals surface area contributed by atoms with Gasteiger partial charge in [-0.05, 0) is 12.3 Å². The van der Waals surface area contributed by atoms with Gasteiger partial charge in [0.25, 0.3) is 0 Å². The van der Waals surface area contributed by atoms with Crippen molar-refractivity contribution in [2.75, 3.05) is 0 Å². The molecule has 1 unspecified atom stereocenters. The number of rotatable bonds is 5. The summed E-state index contributed by atoms with van der Waals surface area (Å²) in [5, 5.41) is 0. The Morgan fingerprint density at radius 3 is 2.14 bits per heavy atom. The molecule has 0 fully saturated rings. The van der Waals surface area contributed by atoms with E-state index in [9.17, 15) is 9.59 Å². The predicted molar refractivity (Wildman–Crippen MR) is 58.8 cm³/mol. The number of hydrogen-bond acceptors (Lipinski definition) is 2. The van der Waals surface area contributed by atoms with Crippen molar-refractivity contribution < 1.29 is 9.59 Å². The molecule has 0 saturated heterocycles. The summed E-state index contributed by atoms with van der Waals surface area (Å²) in [6.07, 6.45) is 2.04. The Bertz CT molecular complexity index is 176. The first-order valence-corrected chi connectivity index (χ1v) is 5.13. The first-order valence-electron chi connectivity index (χ1n) is 5.13. The van der Waals surface area contributed by atoms with E-state index in [4.69, 9.17) is 5.73 Å². The monoisotopic (exact) mass is 201 g/mol. The standard InChI is InChI=1S/C9H17NO2.C2H6/c1-7(4-5-11)6-9(2,3)8(10)12;1-2/h5,7H,4,6H2,1-3H3,(H2,10,12);1-2H3. The molecule has 0 bridgehead atoms. The fraction of sp³-hybridized carbons (Fsp3) is 0.818. The van der Waals surface area contributed by atoms with Crippen LogP contribution in [0.15, 0.2) is 0 Å². The molecule has 14 heavy (non-hydrogen) atoms. The molecule has 1 amide bonds. The second-order valence-electron chi connectivity index (χ2n) is 3.96. The third kappa shape index (κ3) is 6.63. The zero-order chi connectivity index (χ0) is 11.8. The highest BCUT2D eigenvalue weighted by atomic mass is 16.1. The van der Waals surface area contributed by atoms with Crippen LogP contribution in [0, 0.1) is 11.3 Å². The molecule has 0 aliphatic heterocycles. The van der Waals surface area contributed by atoms with Crippen molar-refractivity contribution >= 4 is 12.2 Å². The van der Waals surface area contributed by atoms with Crippen LogP contribution in [-0.2, 0) is 9.59 Å². The van der Waals surface area contributed by atoms with E-state index in [1.54, 1.807) is 13.8 Å². The maximum atomic E-state index is 10.9. The minimum atomic E-state index is -0.498. The molecule has 0 spiro atoms. The maximum Gasteiger partial charge on any atom is 0.223 e. The summed E-state index contributed by atoms with van der Waals surface area (Å²) >= 11 is 0. The molecule has 84 valence electrons. The summed E-state index contributed by atoms with van der Waals surface area (Å²) in [4.78, 5) is 21.0. The van der Waals surface area contributed by atoms with Crippen LogP contribution >= 0.6 is 0 Å². The number of carbonyl (C=O) groups is 2. The first kappa shape index (κ1) is 15.6. The fourth-order valence-corrected chi connectivity index (χ4v) is 1.22. The molecule has 0 aromatic carbocycles. The van der Waals surface area contributed by atoms with Gasteiger partial charge >= 0.3 is 0 Å². The molecule has 2 N–H and O–H groups in total. The Hall–Kier alpha value is -0.860. The molecule has 0 aromatic heterocycles. The molecule has 0 heterocycles. The lowest BCUT2D eigenvalue weighted by molar-refractivity contribution is -0.127. The predicted octanol–water partition coefficient (Wildman–Crippen LogP) is 2.14. The van der Waals surface area contributed by atoms with Crippen LogP contribution in [0.5, 0.6) is 0 Å². The average molecular weight is 201 g/mol. The highest BCUT2D eigenvalue weighted by Gasteiger charge is 2.26. The smallest absolute Gasteiger partial charge is 0.223 e. The maximum absolute atomic E-state index is 10.9. The van der Waals surface area contributed by atoms with E-state index >= 15 is 0 Å². The lowest BCUT2D eigenvalue weighted by Crippen LogP contribution is -2.33. The number of carbonyl (C=O) groups excluding carboxylic acids is 2. The third-order valence-corrected chi connectivity index (χ3v) is 2.02. The number of hydrogen-bond donors (Lipinski definition) is 1. The van der Waals surface area contributed by atoms with Gasteiger partial charge in [-0.3, -0.25) is 4.79 Å². The SMILES string of the molecule is CC.CC(CC=O)CC(C)(C)C(N)=O. The Balaban J connectivity index is 0. The molecule has 0 aromatic rings. The van der Waals surface area contributed by atoms with Crippen LogP contribution < -0.4 is 5.73 Å². The second-order valence-corrected chi connectivity index (χ2v) is 3.96. The molecule has 0 rings (SSSR count). The summed E-state index contributed by atoms with van der Waals surface area (Å²) in [5.41, 5.74) is 4.69. The quantitative estimate of drug-likeness (QED) is 0.693. The summed E-state index contributed by atoms with van der Waals surface area (Å²) in [7, 11) is 0. The van der Waals surface area contributed by atoms with Gasteiger partial charge in [0.05, 0.1) is 0 Å². The van der Waals surface area contributed by atoms with Gasteiger partial charge in [0, 0.05) is 11.8 Å². The topological polar surface area (TPSA) is 60.2 Å². The summed E-state index contributed by atoms with van der Waals surface area (Å²) in [6, 6.07) is 0. The van der Waals surface area contributed by atoms with Crippen LogP contribution in [0.4, 0.5) is 0 Å². The van der Waals surface area contributed by atoms with Crippen molar-refractivity contribution in [2.24, 2.45) is 17.1 Å². The van der Waals surface area contributed by atoms with Gasteiger partial charge in [0.2, 0.25) is 5.91 Å². The Morgan fingerprint density at radius 1 is 1.43 bits per heavy atom. The van der Waals surface area contributed by atoms with E-state index < -0.39 is 5.41 Å². The van der Waals surface area contributed by atoms with Crippen molar-refractivity contribution in [3.05, 3.63) is 0 Å². The minimum absolute atomic E-state index is 0.227. The van der Waals surface area contributed by atoms with Gasteiger partial charge in [0.1, 0.15) is 6.29 Å². The highest BCUT2D eigenvalue weighted by molar-refractivity contribution is 5.79. The van der Waals surface area contributed by atoms with Gasteiger partial charge in [-0.2, -0.15) is 0 Å². The van der Waals surface area contributed by atoms with Crippen LogP contribution in [0.1, 0.15) is 47.5 Å². The highest BCUT2D eigenvalue weighted by Crippen LogP contribution is 2.25. The largest absolute Gasteiger partial charge is 0.369 e. The van der Waals surface area contributed by atoms with Crippen molar-refractivity contribution in [2.45, 2.75) is 47.5 Å². The van der Waals surface area contributed by atoms with Crippen molar-refractivity contribution in [1.29, 1.82) is 0 Å². The lowest BCUT2D eigenvalue weighted by Gasteiger charge is -2.23. The molecule has 0 aliphatic carbocycles. The number of amides is 1. The molecule has 1 atom stereocenters. The Morgan fingerprint density at radius 2 is 1.86 bits per heavy atom. The van der Waals surface area contributed by atoms with Crippen LogP contribution in [0.3, 0.4) is 0 Å². The number of primary amides is 1. The average Bonchev–Trinajstić information content (AvgIpc) is 2.07. The Kier molecular flexibility index (Phi) is 8.40. The summed E-state index contributed by atoms with van der Waals surface area (Å²) in [6.45, 7) is 9.55. The van der Waals surface area contributed by atoms with Gasteiger partial charge in [0.15, 0.2) is 0 Å². The van der Waals surface area contributed by atoms with E-state index in [1.165, 1.54) is 0 Å². The second kappa shape index (κ2) is 7.54. The third-order valence-electron chi connectivity index (χ3n) is 2.02. The molecular weight excluding hydrogens is 178 g/mol. The van der Waals surface area contributed by atoms with Crippen molar-refractivity contribution in [3.8, 4) is 0 Å². The molecule has 3 nitrogen and oxygen atoms in total. The molecule has 3 heteroatoms. The minimum Gasteiger partial charge on any atom is -0.369 e. The Labute approximate surface area is 87.1 Å². The van der Waals surface area contributed by atoms with Crippen LogP contribution in [0.2, 0.25) is 0 Å². The first-order chi connectivity index (χ1) is 6.40. The van der Waals surface area contributed by atoms with Crippen molar-refractivity contribution in [1.82, 2.24) is 0 Å². The van der Waals surface area contributed by atoms with Gasteiger partial charge in [-0.25, -0.2) is 0 Å².